The number of hydrogen-bond donors (Lipinski definition) is 3. The Morgan fingerprint density at radius 2 is 1.67 bits per heavy atom. The van der Waals surface area contributed by atoms with Crippen LogP contribution in [0.15, 0.2) is 48.5 Å². The molecule has 0 saturated carbocycles. The van der Waals surface area contributed by atoms with E-state index in [9.17, 15) is 18.4 Å². The first-order valence-corrected chi connectivity index (χ1v) is 11.5. The van der Waals surface area contributed by atoms with Crippen molar-refractivity contribution in [2.24, 2.45) is 0 Å². The van der Waals surface area contributed by atoms with Crippen LogP contribution in [0.4, 0.5) is 37.2 Å². The van der Waals surface area contributed by atoms with E-state index in [1.807, 2.05) is 32.0 Å². The molecule has 5 rings (SSSR count). The molecular formula is C26H25F2N5O3. The van der Waals surface area contributed by atoms with E-state index >= 15 is 0 Å². The zero-order chi connectivity index (χ0) is 25.4. The van der Waals surface area contributed by atoms with E-state index in [1.165, 1.54) is 0 Å². The lowest BCUT2D eigenvalue weighted by Crippen LogP contribution is -2.48. The third-order valence-corrected chi connectivity index (χ3v) is 6.41. The molecule has 10 heteroatoms. The van der Waals surface area contributed by atoms with Gasteiger partial charge < -0.3 is 25.6 Å². The molecule has 3 heterocycles. The quantitative estimate of drug-likeness (QED) is 0.462. The Morgan fingerprint density at radius 3 is 2.39 bits per heavy atom. The van der Waals surface area contributed by atoms with Crippen molar-refractivity contribution in [2.75, 3.05) is 42.3 Å². The van der Waals surface area contributed by atoms with Crippen LogP contribution in [0.25, 0.3) is 0 Å². The van der Waals surface area contributed by atoms with E-state index in [1.54, 1.807) is 23.1 Å². The number of fused-ring (bicyclic) bond motifs is 2. The highest BCUT2D eigenvalue weighted by Gasteiger charge is 2.35. The molecule has 1 aromatic heterocycles. The van der Waals surface area contributed by atoms with Crippen LogP contribution in [0.2, 0.25) is 0 Å². The predicted octanol–water partition coefficient (Wildman–Crippen LogP) is 4.55. The van der Waals surface area contributed by atoms with Gasteiger partial charge >= 0.3 is 0 Å². The molecule has 2 aliphatic heterocycles. The van der Waals surface area contributed by atoms with Gasteiger partial charge in [-0.1, -0.05) is 6.07 Å². The van der Waals surface area contributed by atoms with Gasteiger partial charge in [-0.25, -0.2) is 0 Å². The number of halogens is 2. The highest BCUT2D eigenvalue weighted by molar-refractivity contribution is 6.12. The summed E-state index contributed by atoms with van der Waals surface area (Å²) in [6.45, 7) is 5.88. The minimum absolute atomic E-state index is 0.00152. The summed E-state index contributed by atoms with van der Waals surface area (Å²) < 4.78 is 32.3. The molecule has 0 radical (unpaired) electrons. The maximum absolute atomic E-state index is 13.5. The van der Waals surface area contributed by atoms with Crippen LogP contribution in [0, 0.1) is 11.9 Å². The lowest BCUT2D eigenvalue weighted by molar-refractivity contribution is -0.140. The molecule has 0 spiro atoms. The maximum atomic E-state index is 13.5. The van der Waals surface area contributed by atoms with E-state index in [0.717, 1.165) is 17.7 Å². The number of nitrogens with one attached hydrogen (secondary N) is 3. The molecule has 36 heavy (non-hydrogen) atoms. The first-order valence-electron chi connectivity index (χ1n) is 11.5. The molecular weight excluding hydrogens is 468 g/mol. The molecule has 0 bridgehead atoms. The number of anilines is 5. The van der Waals surface area contributed by atoms with E-state index in [2.05, 4.69) is 20.9 Å². The average Bonchev–Trinajstić information content (AvgIpc) is 2.98. The van der Waals surface area contributed by atoms with Gasteiger partial charge in [0.2, 0.25) is 17.8 Å². The fraction of sp³-hybridized carbons (Fsp3) is 0.269. The molecule has 0 atom stereocenters. The van der Waals surface area contributed by atoms with E-state index in [-0.39, 0.29) is 17.5 Å². The molecule has 1 saturated heterocycles. The molecule has 3 aromatic rings. The van der Waals surface area contributed by atoms with Gasteiger partial charge in [-0.05, 0) is 49.7 Å². The maximum Gasteiger partial charge on any atom is 0.257 e. The number of pyridine rings is 1. The Morgan fingerprint density at radius 1 is 0.944 bits per heavy atom. The number of carbonyl (C=O) groups is 2. The predicted molar refractivity (Wildman–Crippen MR) is 132 cm³/mol. The van der Waals surface area contributed by atoms with Crippen molar-refractivity contribution < 1.29 is 23.1 Å². The number of morpholine rings is 1. The van der Waals surface area contributed by atoms with Crippen LogP contribution in [0.1, 0.15) is 29.8 Å². The van der Waals surface area contributed by atoms with Crippen molar-refractivity contribution in [2.45, 2.75) is 19.3 Å². The van der Waals surface area contributed by atoms with Crippen molar-refractivity contribution in [3.8, 4) is 0 Å². The second-order valence-electron chi connectivity index (χ2n) is 9.26. The Balaban J connectivity index is 1.42. The van der Waals surface area contributed by atoms with Gasteiger partial charge in [-0.3, -0.25) is 9.59 Å². The Hall–Kier alpha value is -4.05. The first-order chi connectivity index (χ1) is 17.2. The third-order valence-electron chi connectivity index (χ3n) is 6.41. The van der Waals surface area contributed by atoms with Gasteiger partial charge in [-0.15, -0.1) is 0 Å². The largest absolute Gasteiger partial charge is 0.378 e. The molecule has 186 valence electrons. The van der Waals surface area contributed by atoms with Crippen LogP contribution in [0.5, 0.6) is 0 Å². The van der Waals surface area contributed by atoms with Gasteiger partial charge in [-0.2, -0.15) is 13.8 Å². The third kappa shape index (κ3) is 4.59. The van der Waals surface area contributed by atoms with Crippen molar-refractivity contribution >= 4 is 40.3 Å². The number of nitrogens with zero attached hydrogens (tertiary/aromatic N) is 2. The van der Waals surface area contributed by atoms with E-state index in [0.29, 0.717) is 54.6 Å². The number of rotatable bonds is 4. The monoisotopic (exact) mass is 493 g/mol. The number of ether oxygens (including phenoxy) is 1. The molecule has 2 aliphatic rings. The van der Waals surface area contributed by atoms with Gasteiger partial charge in [0, 0.05) is 36.6 Å². The topological polar surface area (TPSA) is 95.6 Å². The molecule has 1 fully saturated rings. The smallest absolute Gasteiger partial charge is 0.257 e. The first kappa shape index (κ1) is 23.7. The molecule has 2 aromatic carbocycles. The van der Waals surface area contributed by atoms with Gasteiger partial charge in [0.05, 0.1) is 41.3 Å². The number of hydrogen-bond acceptors (Lipinski definition) is 6. The summed E-state index contributed by atoms with van der Waals surface area (Å²) in [6, 6.07) is 12.6. The lowest BCUT2D eigenvalue weighted by Gasteiger charge is -2.34. The number of aromatic nitrogens is 1. The van der Waals surface area contributed by atoms with Gasteiger partial charge in [0.1, 0.15) is 0 Å². The molecule has 0 unspecified atom stereocenters. The molecule has 2 amide bonds. The summed E-state index contributed by atoms with van der Waals surface area (Å²) in [6.07, 6.45) is 0. The van der Waals surface area contributed by atoms with Crippen LogP contribution in [-0.2, 0) is 14.9 Å². The van der Waals surface area contributed by atoms with Crippen molar-refractivity contribution in [1.29, 1.82) is 0 Å². The van der Waals surface area contributed by atoms with Crippen LogP contribution in [-0.4, -0.2) is 48.0 Å². The normalized spacial score (nSPS) is 15.2. The van der Waals surface area contributed by atoms with Crippen LogP contribution < -0.4 is 16.0 Å². The highest BCUT2D eigenvalue weighted by Crippen LogP contribution is 2.37. The Kier molecular flexibility index (Phi) is 6.05. The summed E-state index contributed by atoms with van der Waals surface area (Å²) in [5.74, 6) is -2.20. The fourth-order valence-corrected chi connectivity index (χ4v) is 4.39. The zero-order valence-corrected chi connectivity index (χ0v) is 19.8. The van der Waals surface area contributed by atoms with E-state index in [4.69, 9.17) is 4.74 Å². The van der Waals surface area contributed by atoms with Gasteiger partial charge in [0.15, 0.2) is 0 Å². The molecule has 3 N–H and O–H groups in total. The standard InChI is InChI=1S/C26H25F2N5O3/c1-26(2,25(35)33-7-9-36-10-8-33)15-3-6-19-21(11-15)31-24(34)18-5-4-16(12-20(18)30-19)29-17-13-22(27)32-23(28)14-17/h3-6,11-14,30H,7-10H2,1-2H3,(H,29,32)(H,31,34). The molecule has 8 nitrogen and oxygen atoms in total. The average molecular weight is 494 g/mol. The van der Waals surface area contributed by atoms with Crippen molar-refractivity contribution in [3.05, 3.63) is 71.6 Å². The SMILES string of the molecule is CC(C)(C(=O)N1CCOCC1)c1ccc2c(c1)NC(=O)c1ccc(Nc3cc(F)nc(F)c3)cc1N2. The summed E-state index contributed by atoms with van der Waals surface area (Å²) in [5.41, 5.74) is 2.80. The molecule has 0 aliphatic carbocycles. The Bertz CT molecular complexity index is 1340. The Labute approximate surface area is 206 Å². The summed E-state index contributed by atoms with van der Waals surface area (Å²) >= 11 is 0. The van der Waals surface area contributed by atoms with Crippen molar-refractivity contribution in [1.82, 2.24) is 9.88 Å². The zero-order valence-electron chi connectivity index (χ0n) is 19.8. The number of carbonyl (C=O) groups excluding carboxylic acids is 2. The summed E-state index contributed by atoms with van der Waals surface area (Å²) in [7, 11) is 0. The second kappa shape index (κ2) is 9.19. The van der Waals surface area contributed by atoms with Crippen molar-refractivity contribution in [3.63, 3.8) is 0 Å². The number of amides is 2. The minimum atomic E-state index is -0.940. The van der Waals surface area contributed by atoms with Crippen LogP contribution >= 0.6 is 0 Å². The minimum Gasteiger partial charge on any atom is -0.378 e. The van der Waals surface area contributed by atoms with Gasteiger partial charge in [0.25, 0.3) is 5.91 Å². The highest BCUT2D eigenvalue weighted by atomic mass is 19.1. The lowest BCUT2D eigenvalue weighted by atomic mass is 9.82. The van der Waals surface area contributed by atoms with E-state index < -0.39 is 17.3 Å². The summed E-state index contributed by atoms with van der Waals surface area (Å²) in [5, 5.41) is 9.10. The number of benzene rings is 2. The second-order valence-corrected chi connectivity index (χ2v) is 9.26. The van der Waals surface area contributed by atoms with Crippen LogP contribution in [0.3, 0.4) is 0 Å². The fourth-order valence-electron chi connectivity index (χ4n) is 4.39. The summed E-state index contributed by atoms with van der Waals surface area (Å²) in [4.78, 5) is 31.1.